The minimum atomic E-state index is 0.687. The molecule has 1 aliphatic rings. The number of hydrogen-bond acceptors (Lipinski definition) is 3. The zero-order chi connectivity index (χ0) is 15.2. The molecule has 3 heteroatoms. The van der Waals surface area contributed by atoms with Crippen LogP contribution in [0.25, 0.3) is 0 Å². The first-order valence-electron chi connectivity index (χ1n) is 7.92. The lowest BCUT2D eigenvalue weighted by atomic mass is 9.94. The number of rotatable bonds is 6. The molecule has 0 radical (unpaired) electrons. The largest absolute Gasteiger partial charge is 0.348 e. The second-order valence-electron chi connectivity index (χ2n) is 6.46. The summed E-state index contributed by atoms with van der Waals surface area (Å²) in [5, 5.41) is 0. The van der Waals surface area contributed by atoms with Gasteiger partial charge in [-0.15, -0.1) is 0 Å². The first-order valence-corrected chi connectivity index (χ1v) is 7.92. The first-order chi connectivity index (χ1) is 10.1. The van der Waals surface area contributed by atoms with Gasteiger partial charge >= 0.3 is 0 Å². The molecule has 0 N–H and O–H groups in total. The molecule has 0 spiro atoms. The third-order valence-corrected chi connectivity index (χ3v) is 4.23. The van der Waals surface area contributed by atoms with Gasteiger partial charge in [0.15, 0.2) is 0 Å². The molecule has 0 fully saturated rings. The highest BCUT2D eigenvalue weighted by atomic mass is 15.2. The maximum absolute atomic E-state index is 2.43. The van der Waals surface area contributed by atoms with Gasteiger partial charge in [-0.05, 0) is 51.2 Å². The second kappa shape index (κ2) is 7.62. The van der Waals surface area contributed by atoms with Crippen molar-refractivity contribution < 1.29 is 0 Å². The molecule has 1 aromatic rings. The molecule has 2 rings (SSSR count). The van der Waals surface area contributed by atoms with Crippen molar-refractivity contribution in [2.45, 2.75) is 13.3 Å². The van der Waals surface area contributed by atoms with E-state index in [-0.39, 0.29) is 0 Å². The van der Waals surface area contributed by atoms with Gasteiger partial charge in [0, 0.05) is 38.1 Å². The fraction of sp³-hybridized carbons (Fsp3) is 0.556. The highest BCUT2D eigenvalue weighted by Gasteiger charge is 2.19. The number of hydrogen-bond donors (Lipinski definition) is 0. The molecule has 0 saturated carbocycles. The standard InChI is InChI=1S/C18H29N3/c1-16-10-11-21(18-8-6-5-7-9-18)15-17(16)14-20(4)13-12-19(2)3/h5-9,15-16H,10-14H2,1-4H3. The van der Waals surface area contributed by atoms with Crippen molar-refractivity contribution in [2.24, 2.45) is 5.92 Å². The van der Waals surface area contributed by atoms with Gasteiger partial charge in [-0.3, -0.25) is 0 Å². The van der Waals surface area contributed by atoms with Crippen LogP contribution in [0.2, 0.25) is 0 Å². The second-order valence-corrected chi connectivity index (χ2v) is 6.46. The molecule has 1 heterocycles. The van der Waals surface area contributed by atoms with Crippen LogP contribution in [0.5, 0.6) is 0 Å². The van der Waals surface area contributed by atoms with Crippen molar-refractivity contribution in [1.82, 2.24) is 9.80 Å². The average molecular weight is 287 g/mol. The minimum Gasteiger partial charge on any atom is -0.348 e. The van der Waals surface area contributed by atoms with Crippen LogP contribution in [0.1, 0.15) is 13.3 Å². The van der Waals surface area contributed by atoms with Crippen LogP contribution in [0.4, 0.5) is 5.69 Å². The van der Waals surface area contributed by atoms with Gasteiger partial charge in [-0.25, -0.2) is 0 Å². The Morgan fingerprint density at radius 2 is 1.81 bits per heavy atom. The zero-order valence-electron chi connectivity index (χ0n) is 13.9. The Bertz CT molecular complexity index is 453. The van der Waals surface area contributed by atoms with Gasteiger partial charge in [0.05, 0.1) is 0 Å². The van der Waals surface area contributed by atoms with Crippen molar-refractivity contribution in [3.05, 3.63) is 42.1 Å². The zero-order valence-corrected chi connectivity index (χ0v) is 13.9. The van der Waals surface area contributed by atoms with E-state index in [0.29, 0.717) is 5.92 Å². The molecule has 0 aliphatic carbocycles. The number of para-hydroxylation sites is 1. The summed E-state index contributed by atoms with van der Waals surface area (Å²) in [5.74, 6) is 0.687. The van der Waals surface area contributed by atoms with Gasteiger partial charge < -0.3 is 14.7 Å². The maximum atomic E-state index is 2.43. The van der Waals surface area contributed by atoms with Crippen molar-refractivity contribution in [1.29, 1.82) is 0 Å². The molecule has 3 nitrogen and oxygen atoms in total. The highest BCUT2D eigenvalue weighted by Crippen LogP contribution is 2.26. The molecule has 1 aromatic carbocycles. The Labute approximate surface area is 129 Å². The normalized spacial score (nSPS) is 19.2. The predicted molar refractivity (Wildman–Crippen MR) is 91.7 cm³/mol. The lowest BCUT2D eigenvalue weighted by Crippen LogP contribution is -2.34. The van der Waals surface area contributed by atoms with Crippen LogP contribution in [-0.4, -0.2) is 57.1 Å². The average Bonchev–Trinajstić information content (AvgIpc) is 2.48. The van der Waals surface area contributed by atoms with Gasteiger partial charge in [0.1, 0.15) is 0 Å². The molecule has 1 unspecified atom stereocenters. The van der Waals surface area contributed by atoms with E-state index >= 15 is 0 Å². The van der Waals surface area contributed by atoms with Gasteiger partial charge in [-0.1, -0.05) is 25.1 Å². The van der Waals surface area contributed by atoms with Crippen molar-refractivity contribution >= 4 is 5.69 Å². The van der Waals surface area contributed by atoms with Crippen LogP contribution >= 0.6 is 0 Å². The quantitative estimate of drug-likeness (QED) is 0.796. The summed E-state index contributed by atoms with van der Waals surface area (Å²) >= 11 is 0. The van der Waals surface area contributed by atoms with Gasteiger partial charge in [-0.2, -0.15) is 0 Å². The summed E-state index contributed by atoms with van der Waals surface area (Å²) in [4.78, 5) is 7.07. The van der Waals surface area contributed by atoms with Crippen LogP contribution in [0.3, 0.4) is 0 Å². The van der Waals surface area contributed by atoms with E-state index in [9.17, 15) is 0 Å². The highest BCUT2D eigenvalue weighted by molar-refractivity contribution is 5.50. The van der Waals surface area contributed by atoms with Crippen LogP contribution < -0.4 is 4.90 Å². The minimum absolute atomic E-state index is 0.687. The van der Waals surface area contributed by atoms with E-state index in [2.05, 4.69) is 79.3 Å². The summed E-state index contributed by atoms with van der Waals surface area (Å²) in [7, 11) is 6.49. The Morgan fingerprint density at radius 1 is 1.10 bits per heavy atom. The molecule has 1 aliphatic heterocycles. The number of benzene rings is 1. The number of likely N-dealkylation sites (N-methyl/N-ethyl adjacent to an activating group) is 2. The monoisotopic (exact) mass is 287 g/mol. The summed E-state index contributed by atoms with van der Waals surface area (Å²) in [5.41, 5.74) is 2.85. The molecule has 21 heavy (non-hydrogen) atoms. The number of nitrogens with zero attached hydrogens (tertiary/aromatic N) is 3. The molecule has 0 saturated heterocycles. The van der Waals surface area contributed by atoms with Crippen LogP contribution in [-0.2, 0) is 0 Å². The topological polar surface area (TPSA) is 9.72 Å². The van der Waals surface area contributed by atoms with E-state index in [4.69, 9.17) is 0 Å². The third kappa shape index (κ3) is 4.87. The van der Waals surface area contributed by atoms with E-state index in [1.807, 2.05) is 0 Å². The third-order valence-electron chi connectivity index (χ3n) is 4.23. The summed E-state index contributed by atoms with van der Waals surface area (Å²) in [6.07, 6.45) is 3.61. The lowest BCUT2D eigenvalue weighted by Gasteiger charge is -2.33. The van der Waals surface area contributed by atoms with Gasteiger partial charge in [0.25, 0.3) is 0 Å². The lowest BCUT2D eigenvalue weighted by molar-refractivity contribution is 0.290. The first kappa shape index (κ1) is 16.1. The Kier molecular flexibility index (Phi) is 5.83. The molecule has 116 valence electrons. The maximum Gasteiger partial charge on any atom is 0.0406 e. The Hall–Kier alpha value is -1.32. The van der Waals surface area contributed by atoms with Gasteiger partial charge in [0.2, 0.25) is 0 Å². The molecule has 0 aromatic heterocycles. The van der Waals surface area contributed by atoms with Crippen molar-refractivity contribution in [3.63, 3.8) is 0 Å². The summed E-state index contributed by atoms with van der Waals surface area (Å²) in [6.45, 7) is 6.77. The number of anilines is 1. The predicted octanol–water partition coefficient (Wildman–Crippen LogP) is 2.91. The SMILES string of the molecule is CC1CCN(c2ccccc2)C=C1CN(C)CCN(C)C. The van der Waals surface area contributed by atoms with E-state index < -0.39 is 0 Å². The molecular weight excluding hydrogens is 258 g/mol. The van der Waals surface area contributed by atoms with Crippen molar-refractivity contribution in [2.75, 3.05) is 52.2 Å². The van der Waals surface area contributed by atoms with E-state index in [0.717, 1.165) is 26.2 Å². The molecule has 0 bridgehead atoms. The summed E-state index contributed by atoms with van der Waals surface area (Å²) in [6, 6.07) is 10.7. The molecular formula is C18H29N3. The Balaban J connectivity index is 2.00. The van der Waals surface area contributed by atoms with E-state index in [1.165, 1.54) is 12.1 Å². The fourth-order valence-corrected chi connectivity index (χ4v) is 2.69. The van der Waals surface area contributed by atoms with Crippen molar-refractivity contribution in [3.8, 4) is 0 Å². The smallest absolute Gasteiger partial charge is 0.0406 e. The summed E-state index contributed by atoms with van der Waals surface area (Å²) < 4.78 is 0. The van der Waals surface area contributed by atoms with Crippen LogP contribution in [0.15, 0.2) is 42.1 Å². The Morgan fingerprint density at radius 3 is 2.48 bits per heavy atom. The molecule has 0 amide bonds. The van der Waals surface area contributed by atoms with Crippen LogP contribution in [0, 0.1) is 5.92 Å². The molecule has 1 atom stereocenters. The fourth-order valence-electron chi connectivity index (χ4n) is 2.69. The van der Waals surface area contributed by atoms with E-state index in [1.54, 1.807) is 5.57 Å².